The zero-order valence-corrected chi connectivity index (χ0v) is 11.0. The summed E-state index contributed by atoms with van der Waals surface area (Å²) in [5, 5.41) is 0.355. The molecular weight excluding hydrogens is 293 g/mol. The van der Waals surface area contributed by atoms with Crippen molar-refractivity contribution in [1.29, 1.82) is 0 Å². The number of nitrogen functional groups attached to an aromatic ring is 1. The number of rotatable bonds is 3. The Morgan fingerprint density at radius 2 is 2.00 bits per heavy atom. The quantitative estimate of drug-likeness (QED) is 0.852. The van der Waals surface area contributed by atoms with E-state index in [2.05, 4.69) is 9.71 Å². The first-order valence-electron chi connectivity index (χ1n) is 5.08. The number of aromatic nitrogens is 1. The van der Waals surface area contributed by atoms with Crippen molar-refractivity contribution in [3.63, 3.8) is 0 Å². The number of nitrogens with zero attached hydrogens (tertiary/aromatic N) is 1. The van der Waals surface area contributed by atoms with Gasteiger partial charge in [-0.3, -0.25) is 4.72 Å². The highest BCUT2D eigenvalue weighted by Gasteiger charge is 2.22. The van der Waals surface area contributed by atoms with E-state index in [1.807, 2.05) is 0 Å². The fraction of sp³-hybridized carbons (Fsp3) is 0. The summed E-state index contributed by atoms with van der Waals surface area (Å²) < 4.78 is 39.7. The van der Waals surface area contributed by atoms with Gasteiger partial charge in [0.15, 0.2) is 0 Å². The maximum atomic E-state index is 13.6. The summed E-state index contributed by atoms with van der Waals surface area (Å²) in [6.07, 6.45) is 1.27. The zero-order chi connectivity index (χ0) is 14.0. The predicted molar refractivity (Wildman–Crippen MR) is 70.9 cm³/mol. The molecule has 0 radical (unpaired) electrons. The van der Waals surface area contributed by atoms with Gasteiger partial charge < -0.3 is 5.73 Å². The molecule has 2 rings (SSSR count). The molecular formula is C11H9ClFN3O2S. The Labute approximate surface area is 114 Å². The van der Waals surface area contributed by atoms with Gasteiger partial charge in [-0.1, -0.05) is 17.7 Å². The Kier molecular flexibility index (Phi) is 3.59. The summed E-state index contributed by atoms with van der Waals surface area (Å²) >= 11 is 5.63. The van der Waals surface area contributed by atoms with Crippen LogP contribution in [-0.4, -0.2) is 13.4 Å². The van der Waals surface area contributed by atoms with Crippen LogP contribution >= 0.6 is 11.6 Å². The Morgan fingerprint density at radius 1 is 1.26 bits per heavy atom. The summed E-state index contributed by atoms with van der Waals surface area (Å²) in [7, 11) is -4.14. The minimum absolute atomic E-state index is 0.0204. The molecule has 1 heterocycles. The number of hydrogen-bond donors (Lipinski definition) is 2. The molecule has 2 aromatic rings. The molecule has 0 atom stereocenters. The molecule has 0 saturated carbocycles. The molecule has 0 unspecified atom stereocenters. The molecule has 0 spiro atoms. The van der Waals surface area contributed by atoms with Crippen LogP contribution in [0.4, 0.5) is 15.9 Å². The lowest BCUT2D eigenvalue weighted by molar-refractivity contribution is 0.571. The molecule has 0 aliphatic heterocycles. The number of nitrogens with two attached hydrogens (primary N) is 1. The van der Waals surface area contributed by atoms with E-state index < -0.39 is 20.7 Å². The van der Waals surface area contributed by atoms with Crippen LogP contribution in [0.25, 0.3) is 0 Å². The van der Waals surface area contributed by atoms with E-state index >= 15 is 0 Å². The van der Waals surface area contributed by atoms with Crippen LogP contribution < -0.4 is 10.5 Å². The monoisotopic (exact) mass is 301 g/mol. The summed E-state index contributed by atoms with van der Waals surface area (Å²) in [4.78, 5) is 3.16. The van der Waals surface area contributed by atoms with Gasteiger partial charge >= 0.3 is 0 Å². The zero-order valence-electron chi connectivity index (χ0n) is 9.47. The molecule has 3 N–H and O–H groups in total. The van der Waals surface area contributed by atoms with E-state index in [0.29, 0.717) is 5.02 Å². The third-order valence-corrected chi connectivity index (χ3v) is 3.90. The van der Waals surface area contributed by atoms with Crippen LogP contribution in [0.15, 0.2) is 41.4 Å². The van der Waals surface area contributed by atoms with Crippen LogP contribution in [0.5, 0.6) is 0 Å². The van der Waals surface area contributed by atoms with E-state index in [-0.39, 0.29) is 11.5 Å². The molecule has 0 amide bonds. The average Bonchev–Trinajstić information content (AvgIpc) is 2.31. The minimum atomic E-state index is -4.14. The van der Waals surface area contributed by atoms with Gasteiger partial charge in [0, 0.05) is 6.20 Å². The normalized spacial score (nSPS) is 11.3. The van der Waals surface area contributed by atoms with Crippen LogP contribution in [0.1, 0.15) is 0 Å². The largest absolute Gasteiger partial charge is 0.398 e. The molecule has 1 aromatic heterocycles. The first kappa shape index (κ1) is 13.6. The van der Waals surface area contributed by atoms with Crippen molar-refractivity contribution in [1.82, 2.24) is 4.98 Å². The van der Waals surface area contributed by atoms with Gasteiger partial charge in [-0.25, -0.2) is 17.8 Å². The van der Waals surface area contributed by atoms with Crippen molar-refractivity contribution in [3.8, 4) is 0 Å². The van der Waals surface area contributed by atoms with E-state index in [4.69, 9.17) is 17.3 Å². The summed E-state index contributed by atoms with van der Waals surface area (Å²) in [5.74, 6) is -0.909. The maximum absolute atomic E-state index is 13.6. The highest BCUT2D eigenvalue weighted by Crippen LogP contribution is 2.23. The lowest BCUT2D eigenvalue weighted by Crippen LogP contribution is -2.17. The Morgan fingerprint density at radius 3 is 2.58 bits per heavy atom. The highest BCUT2D eigenvalue weighted by atomic mass is 35.5. The number of anilines is 2. The molecule has 0 aliphatic carbocycles. The van der Waals surface area contributed by atoms with Crippen molar-refractivity contribution < 1.29 is 12.8 Å². The first-order chi connectivity index (χ1) is 8.90. The van der Waals surface area contributed by atoms with Gasteiger partial charge in [0.1, 0.15) is 16.5 Å². The smallest absolute Gasteiger partial charge is 0.268 e. The molecule has 5 nitrogen and oxygen atoms in total. The molecule has 0 saturated heterocycles. The SMILES string of the molecule is Nc1cccc(F)c1S(=O)(=O)Nc1ccc(Cl)cn1. The number of benzene rings is 1. The molecule has 0 aliphatic rings. The molecule has 0 bridgehead atoms. The lowest BCUT2D eigenvalue weighted by atomic mass is 10.3. The van der Waals surface area contributed by atoms with Gasteiger partial charge in [0.05, 0.1) is 10.7 Å². The van der Waals surface area contributed by atoms with Crippen LogP contribution in [0.3, 0.4) is 0 Å². The van der Waals surface area contributed by atoms with Gasteiger partial charge in [0.2, 0.25) is 0 Å². The van der Waals surface area contributed by atoms with Crippen LogP contribution in [0, 0.1) is 5.82 Å². The maximum Gasteiger partial charge on any atom is 0.268 e. The van der Waals surface area contributed by atoms with Gasteiger partial charge in [-0.2, -0.15) is 0 Å². The van der Waals surface area contributed by atoms with Crippen molar-refractivity contribution in [2.24, 2.45) is 0 Å². The lowest BCUT2D eigenvalue weighted by Gasteiger charge is -2.10. The van der Waals surface area contributed by atoms with Crippen molar-refractivity contribution in [2.45, 2.75) is 4.90 Å². The number of hydrogen-bond acceptors (Lipinski definition) is 4. The predicted octanol–water partition coefficient (Wildman–Crippen LogP) is 2.26. The molecule has 19 heavy (non-hydrogen) atoms. The molecule has 100 valence electrons. The molecule has 0 fully saturated rings. The van der Waals surface area contributed by atoms with E-state index in [9.17, 15) is 12.8 Å². The summed E-state index contributed by atoms with van der Waals surface area (Å²) in [6.45, 7) is 0. The third kappa shape index (κ3) is 2.94. The van der Waals surface area contributed by atoms with Crippen molar-refractivity contribution in [3.05, 3.63) is 47.4 Å². The third-order valence-electron chi connectivity index (χ3n) is 2.23. The fourth-order valence-corrected chi connectivity index (χ4v) is 2.75. The standard InChI is InChI=1S/C11H9ClFN3O2S/c12-7-4-5-10(15-6-7)16-19(17,18)11-8(13)2-1-3-9(11)14/h1-6H,14H2,(H,15,16). The van der Waals surface area contributed by atoms with Crippen LogP contribution in [0.2, 0.25) is 5.02 Å². The van der Waals surface area contributed by atoms with E-state index in [1.54, 1.807) is 0 Å². The second kappa shape index (κ2) is 5.02. The second-order valence-corrected chi connectivity index (χ2v) is 5.68. The van der Waals surface area contributed by atoms with Crippen molar-refractivity contribution in [2.75, 3.05) is 10.5 Å². The number of halogens is 2. The topological polar surface area (TPSA) is 85.1 Å². The average molecular weight is 302 g/mol. The Bertz CT molecular complexity index is 684. The summed E-state index contributed by atoms with van der Waals surface area (Å²) in [5.41, 5.74) is 5.31. The van der Waals surface area contributed by atoms with Gasteiger partial charge in [0.25, 0.3) is 10.0 Å². The number of sulfonamides is 1. The van der Waals surface area contributed by atoms with Crippen LogP contribution in [-0.2, 0) is 10.0 Å². The van der Waals surface area contributed by atoms with E-state index in [0.717, 1.165) is 6.07 Å². The van der Waals surface area contributed by atoms with Gasteiger partial charge in [-0.05, 0) is 24.3 Å². The number of nitrogens with one attached hydrogen (secondary N) is 1. The second-order valence-electron chi connectivity index (χ2n) is 3.63. The van der Waals surface area contributed by atoms with Crippen molar-refractivity contribution >= 4 is 33.1 Å². The Hall–Kier alpha value is -1.86. The Balaban J connectivity index is 2.41. The summed E-state index contributed by atoms with van der Waals surface area (Å²) in [6, 6.07) is 6.45. The van der Waals surface area contributed by atoms with E-state index in [1.165, 1.54) is 30.5 Å². The molecule has 1 aromatic carbocycles. The first-order valence-corrected chi connectivity index (χ1v) is 6.94. The minimum Gasteiger partial charge on any atom is -0.398 e. The fourth-order valence-electron chi connectivity index (χ4n) is 1.43. The highest BCUT2D eigenvalue weighted by molar-refractivity contribution is 7.92. The van der Waals surface area contributed by atoms with Gasteiger partial charge in [-0.15, -0.1) is 0 Å². The molecule has 8 heteroatoms. The number of pyridine rings is 1.